The maximum atomic E-state index is 13.2. The number of hydrogen-bond donors (Lipinski definition) is 4. The Morgan fingerprint density at radius 2 is 1.86 bits per heavy atom. The standard InChI is InChI=1S/C21H18ClNO6/c1-7(22)10-2-3-12(24)16-11(10)5-8-4-9-6-13(25)17(21(23)29)20(28)15(9)18(26)14(8)19(16)27/h2-3,8-9,15,24-26H,1,4-6H2,(H2,23,29). The van der Waals surface area contributed by atoms with Gasteiger partial charge in [-0.1, -0.05) is 18.2 Å². The smallest absolute Gasteiger partial charge is 0.255 e. The molecule has 1 aromatic carbocycles. The molecule has 0 heterocycles. The lowest BCUT2D eigenvalue weighted by Crippen LogP contribution is -2.43. The molecule has 0 spiro atoms. The van der Waals surface area contributed by atoms with E-state index in [1.807, 2.05) is 0 Å². The minimum atomic E-state index is -1.13. The molecule has 3 atom stereocenters. The van der Waals surface area contributed by atoms with Crippen LogP contribution in [0.1, 0.15) is 34.3 Å². The van der Waals surface area contributed by atoms with E-state index in [9.17, 15) is 29.7 Å². The first kappa shape index (κ1) is 19.3. The van der Waals surface area contributed by atoms with Crippen molar-refractivity contribution in [3.63, 3.8) is 0 Å². The lowest BCUT2D eigenvalue weighted by molar-refractivity contribution is -0.126. The highest BCUT2D eigenvalue weighted by Crippen LogP contribution is 2.50. The highest BCUT2D eigenvalue weighted by atomic mass is 35.5. The Labute approximate surface area is 170 Å². The minimum absolute atomic E-state index is 0.00131. The maximum Gasteiger partial charge on any atom is 0.255 e. The van der Waals surface area contributed by atoms with E-state index < -0.39 is 52.3 Å². The van der Waals surface area contributed by atoms with Crippen LogP contribution in [0, 0.1) is 17.8 Å². The summed E-state index contributed by atoms with van der Waals surface area (Å²) in [5, 5.41) is 31.5. The number of aliphatic hydroxyl groups excluding tert-OH is 2. The fraction of sp³-hybridized carbons (Fsp3) is 0.286. The molecule has 8 heteroatoms. The highest BCUT2D eigenvalue weighted by molar-refractivity contribution is 6.48. The number of aromatic hydroxyl groups is 1. The van der Waals surface area contributed by atoms with Crippen LogP contribution in [-0.2, 0) is 16.0 Å². The third kappa shape index (κ3) is 2.68. The van der Waals surface area contributed by atoms with Crippen molar-refractivity contribution in [2.45, 2.75) is 19.3 Å². The summed E-state index contributed by atoms with van der Waals surface area (Å²) in [6.45, 7) is 3.70. The number of aliphatic hydroxyl groups is 2. The summed E-state index contributed by atoms with van der Waals surface area (Å²) in [7, 11) is 0. The van der Waals surface area contributed by atoms with Gasteiger partial charge in [0.15, 0.2) is 11.6 Å². The Hall–Kier alpha value is -3.06. The molecule has 29 heavy (non-hydrogen) atoms. The third-order valence-corrected chi connectivity index (χ3v) is 6.27. The first-order valence-corrected chi connectivity index (χ1v) is 9.44. The summed E-state index contributed by atoms with van der Waals surface area (Å²) in [6, 6.07) is 2.91. The Morgan fingerprint density at radius 3 is 2.48 bits per heavy atom. The molecule has 150 valence electrons. The molecule has 5 N–H and O–H groups in total. The van der Waals surface area contributed by atoms with Gasteiger partial charge in [0.1, 0.15) is 22.8 Å². The molecule has 0 radical (unpaired) electrons. The number of phenolic OH excluding ortho intramolecular Hbond substituents is 1. The number of fused-ring (bicyclic) bond motifs is 3. The lowest BCUT2D eigenvalue weighted by Gasteiger charge is -2.41. The topological polar surface area (TPSA) is 138 Å². The van der Waals surface area contributed by atoms with Crippen LogP contribution in [-0.4, -0.2) is 32.8 Å². The number of nitrogens with two attached hydrogens (primary N) is 1. The van der Waals surface area contributed by atoms with Crippen LogP contribution in [0.15, 0.2) is 41.4 Å². The molecule has 1 amide bonds. The maximum absolute atomic E-state index is 13.2. The van der Waals surface area contributed by atoms with Gasteiger partial charge in [-0.25, -0.2) is 0 Å². The molecule has 3 unspecified atom stereocenters. The second-order valence-corrected chi connectivity index (χ2v) is 8.10. The first-order chi connectivity index (χ1) is 13.6. The summed E-state index contributed by atoms with van der Waals surface area (Å²) < 4.78 is 0. The second-order valence-electron chi connectivity index (χ2n) is 7.65. The first-order valence-electron chi connectivity index (χ1n) is 9.06. The van der Waals surface area contributed by atoms with Crippen LogP contribution in [0.2, 0.25) is 0 Å². The zero-order chi connectivity index (χ0) is 21.2. The summed E-state index contributed by atoms with van der Waals surface area (Å²) in [6.07, 6.45) is 0.639. The molecule has 0 aromatic heterocycles. The Bertz CT molecular complexity index is 1080. The van der Waals surface area contributed by atoms with Crippen LogP contribution >= 0.6 is 11.6 Å². The molecule has 1 aromatic rings. The van der Waals surface area contributed by atoms with E-state index in [0.717, 1.165) is 0 Å². The van der Waals surface area contributed by atoms with Crippen molar-refractivity contribution >= 4 is 34.1 Å². The van der Waals surface area contributed by atoms with Gasteiger partial charge in [0, 0.05) is 17.0 Å². The molecule has 4 rings (SSSR count). The number of halogens is 1. The predicted molar refractivity (Wildman–Crippen MR) is 104 cm³/mol. The quantitative estimate of drug-likeness (QED) is 0.548. The molecule has 0 aliphatic heterocycles. The SMILES string of the molecule is C=C(Cl)c1ccc(O)c2c1CC1CC3CC(O)=C(C(N)=O)C(=O)C3C(O)=C1C2=O. The molecule has 3 aliphatic carbocycles. The summed E-state index contributed by atoms with van der Waals surface area (Å²) >= 11 is 6.06. The van der Waals surface area contributed by atoms with Gasteiger partial charge in [0.05, 0.1) is 11.5 Å². The number of rotatable bonds is 2. The van der Waals surface area contributed by atoms with Crippen LogP contribution in [0.25, 0.3) is 5.03 Å². The molecule has 0 saturated heterocycles. The predicted octanol–water partition coefficient (Wildman–Crippen LogP) is 2.68. The van der Waals surface area contributed by atoms with E-state index in [0.29, 0.717) is 24.0 Å². The van der Waals surface area contributed by atoms with Crippen molar-refractivity contribution in [3.8, 4) is 5.75 Å². The van der Waals surface area contributed by atoms with E-state index in [-0.39, 0.29) is 28.3 Å². The molecule has 7 nitrogen and oxygen atoms in total. The van der Waals surface area contributed by atoms with Crippen molar-refractivity contribution in [3.05, 3.63) is 58.1 Å². The minimum Gasteiger partial charge on any atom is -0.511 e. The number of Topliss-reactive ketones (excluding diaryl/α,β-unsaturated/α-hetero) is 2. The summed E-state index contributed by atoms with van der Waals surface area (Å²) in [5.41, 5.74) is 5.81. The van der Waals surface area contributed by atoms with Crippen molar-refractivity contribution in [1.29, 1.82) is 0 Å². The van der Waals surface area contributed by atoms with Gasteiger partial charge in [-0.2, -0.15) is 0 Å². The molecule has 3 aliphatic rings. The average Bonchev–Trinajstić information content (AvgIpc) is 2.60. The van der Waals surface area contributed by atoms with Crippen molar-refractivity contribution in [1.82, 2.24) is 0 Å². The van der Waals surface area contributed by atoms with E-state index in [4.69, 9.17) is 17.3 Å². The van der Waals surface area contributed by atoms with Crippen molar-refractivity contribution in [2.24, 2.45) is 23.5 Å². The fourth-order valence-electron chi connectivity index (χ4n) is 4.89. The Kier molecular flexibility index (Phi) is 4.31. The number of primary amides is 1. The van der Waals surface area contributed by atoms with Gasteiger partial charge in [0.25, 0.3) is 5.91 Å². The lowest BCUT2D eigenvalue weighted by atomic mass is 9.62. The van der Waals surface area contributed by atoms with Gasteiger partial charge >= 0.3 is 0 Å². The van der Waals surface area contributed by atoms with E-state index in [2.05, 4.69) is 6.58 Å². The van der Waals surface area contributed by atoms with Gasteiger partial charge in [-0.15, -0.1) is 0 Å². The third-order valence-electron chi connectivity index (χ3n) is 6.06. The number of carbonyl (C=O) groups is 3. The zero-order valence-corrected chi connectivity index (χ0v) is 16.0. The Balaban J connectivity index is 1.88. The number of ketones is 2. The van der Waals surface area contributed by atoms with E-state index in [1.54, 1.807) is 6.07 Å². The Morgan fingerprint density at radius 1 is 1.17 bits per heavy atom. The van der Waals surface area contributed by atoms with Crippen LogP contribution in [0.4, 0.5) is 0 Å². The average molecular weight is 416 g/mol. The van der Waals surface area contributed by atoms with Gasteiger partial charge in [-0.05, 0) is 47.9 Å². The van der Waals surface area contributed by atoms with Crippen LogP contribution < -0.4 is 5.73 Å². The normalized spacial score (nSPS) is 26.0. The number of carbonyl (C=O) groups excluding carboxylic acids is 3. The molecular weight excluding hydrogens is 398 g/mol. The molecule has 0 bridgehead atoms. The highest BCUT2D eigenvalue weighted by Gasteiger charge is 2.50. The van der Waals surface area contributed by atoms with Crippen molar-refractivity contribution < 1.29 is 29.7 Å². The number of hydrogen-bond acceptors (Lipinski definition) is 6. The van der Waals surface area contributed by atoms with Gasteiger partial charge in [0.2, 0.25) is 0 Å². The van der Waals surface area contributed by atoms with E-state index in [1.165, 1.54) is 6.07 Å². The molecule has 0 saturated carbocycles. The number of phenols is 1. The largest absolute Gasteiger partial charge is 0.511 e. The van der Waals surface area contributed by atoms with Gasteiger partial charge < -0.3 is 21.1 Å². The summed E-state index contributed by atoms with van der Waals surface area (Å²) in [4.78, 5) is 37.5. The fourth-order valence-corrected chi connectivity index (χ4v) is 5.07. The van der Waals surface area contributed by atoms with Crippen LogP contribution in [0.3, 0.4) is 0 Å². The van der Waals surface area contributed by atoms with Crippen molar-refractivity contribution in [2.75, 3.05) is 0 Å². The zero-order valence-electron chi connectivity index (χ0n) is 15.2. The number of allylic oxidation sites excluding steroid dienone is 3. The van der Waals surface area contributed by atoms with Gasteiger partial charge in [-0.3, -0.25) is 14.4 Å². The second kappa shape index (κ2) is 6.49. The number of benzene rings is 1. The van der Waals surface area contributed by atoms with Crippen LogP contribution in [0.5, 0.6) is 5.75 Å². The molecular formula is C21H18ClNO6. The van der Waals surface area contributed by atoms with E-state index >= 15 is 0 Å². The summed E-state index contributed by atoms with van der Waals surface area (Å²) in [5.74, 6) is -5.55. The number of amides is 1. The monoisotopic (exact) mass is 415 g/mol. The molecule has 0 fully saturated rings.